The van der Waals surface area contributed by atoms with Crippen molar-refractivity contribution in [1.29, 1.82) is 0 Å². The summed E-state index contributed by atoms with van der Waals surface area (Å²) >= 11 is 0. The van der Waals surface area contributed by atoms with E-state index in [0.717, 1.165) is 37.5 Å². The van der Waals surface area contributed by atoms with E-state index in [1.165, 1.54) is 25.7 Å². The highest BCUT2D eigenvalue weighted by Crippen LogP contribution is 2.48. The Balaban J connectivity index is 1.27. The normalized spacial score (nSPS) is 31.4. The van der Waals surface area contributed by atoms with Gasteiger partial charge in [-0.25, -0.2) is 4.79 Å². The van der Waals surface area contributed by atoms with Crippen molar-refractivity contribution >= 4 is 6.09 Å². The highest BCUT2D eigenvalue weighted by atomic mass is 16.6. The number of carbonyl (C=O) groups is 1. The quantitative estimate of drug-likeness (QED) is 0.762. The van der Waals surface area contributed by atoms with Crippen molar-refractivity contribution in [3.63, 3.8) is 0 Å². The predicted octanol–water partition coefficient (Wildman–Crippen LogP) is 1.57. The van der Waals surface area contributed by atoms with Crippen LogP contribution in [0.3, 0.4) is 0 Å². The molecule has 0 aromatic carbocycles. The highest BCUT2D eigenvalue weighted by molar-refractivity contribution is 5.67. The number of carbonyl (C=O) groups excluding carboxylic acids is 1. The minimum absolute atomic E-state index is 0.230. The number of fused-ring (bicyclic) bond motifs is 2. The Bertz CT molecular complexity index is 412. The van der Waals surface area contributed by atoms with E-state index in [4.69, 9.17) is 9.47 Å². The van der Waals surface area contributed by atoms with Crippen molar-refractivity contribution in [3.05, 3.63) is 0 Å². The van der Waals surface area contributed by atoms with E-state index >= 15 is 0 Å². The molecule has 2 aliphatic carbocycles. The van der Waals surface area contributed by atoms with Gasteiger partial charge in [-0.2, -0.15) is 0 Å². The second kappa shape index (κ2) is 8.50. The molecule has 2 saturated carbocycles. The standard InChI is InChI=1S/C18H32N2O4/c1-2-24-18(22)20-7-5-19(6-8-20)11-17(21)13-23-12-16-10-14-3-4-15(16)9-14/h14-17,21H,2-13H2,1H3. The molecule has 1 N–H and O–H groups in total. The Morgan fingerprint density at radius 3 is 2.62 bits per heavy atom. The van der Waals surface area contributed by atoms with Crippen LogP contribution in [0.25, 0.3) is 0 Å². The van der Waals surface area contributed by atoms with Crippen molar-refractivity contribution in [3.8, 4) is 0 Å². The number of nitrogens with zero attached hydrogens (tertiary/aromatic N) is 2. The lowest BCUT2D eigenvalue weighted by atomic mass is 9.90. The maximum Gasteiger partial charge on any atom is 0.409 e. The van der Waals surface area contributed by atoms with Crippen molar-refractivity contribution in [2.24, 2.45) is 17.8 Å². The number of aliphatic hydroxyl groups is 1. The number of aliphatic hydroxyl groups excluding tert-OH is 1. The average molecular weight is 340 g/mol. The molecule has 1 aliphatic heterocycles. The SMILES string of the molecule is CCOC(=O)N1CCN(CC(O)COCC2CC3CCC2C3)CC1. The molecule has 6 nitrogen and oxygen atoms in total. The lowest BCUT2D eigenvalue weighted by Gasteiger charge is -2.35. The van der Waals surface area contributed by atoms with Crippen LogP contribution in [0.15, 0.2) is 0 Å². The van der Waals surface area contributed by atoms with E-state index in [-0.39, 0.29) is 6.09 Å². The van der Waals surface area contributed by atoms with E-state index in [2.05, 4.69) is 4.90 Å². The topological polar surface area (TPSA) is 62.2 Å². The molecule has 1 amide bonds. The lowest BCUT2D eigenvalue weighted by Crippen LogP contribution is -2.51. The summed E-state index contributed by atoms with van der Waals surface area (Å²) in [5.41, 5.74) is 0. The van der Waals surface area contributed by atoms with Gasteiger partial charge in [-0.3, -0.25) is 4.90 Å². The molecular formula is C18H32N2O4. The van der Waals surface area contributed by atoms with Gasteiger partial charge in [-0.05, 0) is 43.9 Å². The Kier molecular flexibility index (Phi) is 6.36. The summed E-state index contributed by atoms with van der Waals surface area (Å²) in [7, 11) is 0. The Morgan fingerprint density at radius 2 is 2.00 bits per heavy atom. The van der Waals surface area contributed by atoms with Gasteiger partial charge in [0, 0.05) is 39.3 Å². The summed E-state index contributed by atoms with van der Waals surface area (Å²) in [6.45, 7) is 6.98. The highest BCUT2D eigenvalue weighted by Gasteiger charge is 2.39. The maximum atomic E-state index is 11.7. The molecule has 4 atom stereocenters. The van der Waals surface area contributed by atoms with Gasteiger partial charge >= 0.3 is 6.09 Å². The first-order chi connectivity index (χ1) is 11.7. The molecule has 2 bridgehead atoms. The summed E-state index contributed by atoms with van der Waals surface area (Å²) in [5, 5.41) is 10.2. The zero-order chi connectivity index (χ0) is 16.9. The monoisotopic (exact) mass is 340 g/mol. The molecule has 3 aliphatic rings. The van der Waals surface area contributed by atoms with Crippen LogP contribution < -0.4 is 0 Å². The number of rotatable bonds is 7. The first kappa shape index (κ1) is 18.0. The summed E-state index contributed by atoms with van der Waals surface area (Å²) < 4.78 is 10.8. The van der Waals surface area contributed by atoms with Gasteiger partial charge in [0.1, 0.15) is 0 Å². The largest absolute Gasteiger partial charge is 0.450 e. The summed E-state index contributed by atoms with van der Waals surface area (Å²) in [6.07, 6.45) is 4.86. The fourth-order valence-corrected chi connectivity index (χ4v) is 4.61. The van der Waals surface area contributed by atoms with Crippen molar-refractivity contribution in [2.45, 2.75) is 38.7 Å². The summed E-state index contributed by atoms with van der Waals surface area (Å²) in [5.74, 6) is 2.55. The fraction of sp³-hybridized carbons (Fsp3) is 0.944. The minimum atomic E-state index is -0.447. The number of β-amino-alcohol motifs (C(OH)–C–C–N with tert-alkyl or cyclic N) is 1. The second-order valence-corrected chi connectivity index (χ2v) is 7.61. The molecule has 0 radical (unpaired) electrons. The fourth-order valence-electron chi connectivity index (χ4n) is 4.61. The molecule has 3 rings (SSSR count). The summed E-state index contributed by atoms with van der Waals surface area (Å²) in [4.78, 5) is 15.6. The van der Waals surface area contributed by atoms with Crippen LogP contribution in [0.1, 0.15) is 32.6 Å². The zero-order valence-corrected chi connectivity index (χ0v) is 14.9. The number of piperazine rings is 1. The van der Waals surface area contributed by atoms with Crippen LogP contribution in [0.2, 0.25) is 0 Å². The maximum absolute atomic E-state index is 11.7. The van der Waals surface area contributed by atoms with E-state index in [1.807, 2.05) is 6.92 Å². The minimum Gasteiger partial charge on any atom is -0.450 e. The molecular weight excluding hydrogens is 308 g/mol. The van der Waals surface area contributed by atoms with Crippen LogP contribution in [-0.4, -0.2) is 79.6 Å². The van der Waals surface area contributed by atoms with Gasteiger partial charge in [-0.1, -0.05) is 6.42 Å². The van der Waals surface area contributed by atoms with E-state index in [1.54, 1.807) is 4.90 Å². The van der Waals surface area contributed by atoms with E-state index in [0.29, 0.717) is 32.8 Å². The molecule has 0 aromatic heterocycles. The molecule has 138 valence electrons. The van der Waals surface area contributed by atoms with Crippen LogP contribution >= 0.6 is 0 Å². The van der Waals surface area contributed by atoms with Gasteiger partial charge in [0.25, 0.3) is 0 Å². The number of hydrogen-bond acceptors (Lipinski definition) is 5. The Labute approximate surface area is 145 Å². The van der Waals surface area contributed by atoms with Crippen molar-refractivity contribution < 1.29 is 19.4 Å². The van der Waals surface area contributed by atoms with Crippen LogP contribution in [0, 0.1) is 17.8 Å². The molecule has 4 unspecified atom stereocenters. The van der Waals surface area contributed by atoms with Gasteiger partial charge in [0.2, 0.25) is 0 Å². The third-order valence-electron chi connectivity index (χ3n) is 5.89. The average Bonchev–Trinajstić information content (AvgIpc) is 3.18. The van der Waals surface area contributed by atoms with E-state index in [9.17, 15) is 9.90 Å². The molecule has 1 saturated heterocycles. The number of amides is 1. The van der Waals surface area contributed by atoms with Gasteiger partial charge < -0.3 is 19.5 Å². The third-order valence-corrected chi connectivity index (χ3v) is 5.89. The second-order valence-electron chi connectivity index (χ2n) is 7.61. The molecule has 0 spiro atoms. The number of hydrogen-bond donors (Lipinski definition) is 1. The Hall–Kier alpha value is -0.850. The van der Waals surface area contributed by atoms with E-state index < -0.39 is 6.10 Å². The lowest BCUT2D eigenvalue weighted by molar-refractivity contribution is -0.00854. The molecule has 3 fully saturated rings. The third kappa shape index (κ3) is 4.61. The smallest absolute Gasteiger partial charge is 0.409 e. The van der Waals surface area contributed by atoms with Crippen LogP contribution in [0.5, 0.6) is 0 Å². The number of ether oxygens (including phenoxy) is 2. The van der Waals surface area contributed by atoms with Gasteiger partial charge in [-0.15, -0.1) is 0 Å². The van der Waals surface area contributed by atoms with Crippen molar-refractivity contribution in [2.75, 3.05) is 52.5 Å². The molecule has 24 heavy (non-hydrogen) atoms. The zero-order valence-electron chi connectivity index (χ0n) is 14.9. The van der Waals surface area contributed by atoms with Crippen molar-refractivity contribution in [1.82, 2.24) is 9.80 Å². The molecule has 0 aromatic rings. The predicted molar refractivity (Wildman–Crippen MR) is 90.8 cm³/mol. The van der Waals surface area contributed by atoms with Gasteiger partial charge in [0.05, 0.1) is 19.3 Å². The van der Waals surface area contributed by atoms with Gasteiger partial charge in [0.15, 0.2) is 0 Å². The molecule has 1 heterocycles. The Morgan fingerprint density at radius 1 is 1.21 bits per heavy atom. The summed E-state index contributed by atoms with van der Waals surface area (Å²) in [6, 6.07) is 0. The first-order valence-corrected chi connectivity index (χ1v) is 9.55. The van der Waals surface area contributed by atoms with Crippen LogP contribution in [-0.2, 0) is 9.47 Å². The first-order valence-electron chi connectivity index (χ1n) is 9.55. The molecule has 6 heteroatoms. The van der Waals surface area contributed by atoms with Crippen LogP contribution in [0.4, 0.5) is 4.79 Å².